The number of carbonyl (C=O) groups excluding carboxylic acids is 2. The van der Waals surface area contributed by atoms with E-state index in [9.17, 15) is 9.59 Å². The minimum atomic E-state index is -0.810. The van der Waals surface area contributed by atoms with Crippen LogP contribution in [-0.4, -0.2) is 24.5 Å². The number of hydrogen-bond donors (Lipinski definition) is 0. The maximum absolute atomic E-state index is 12.6. The number of nitrogens with zero attached hydrogens (tertiary/aromatic N) is 1. The minimum Gasteiger partial charge on any atom is -0.449 e. The van der Waals surface area contributed by atoms with Crippen LogP contribution in [0.4, 0.5) is 5.69 Å². The second-order valence-electron chi connectivity index (χ2n) is 5.78. The molecule has 1 heterocycles. The van der Waals surface area contributed by atoms with E-state index in [0.29, 0.717) is 12.1 Å². The predicted octanol–water partition coefficient (Wildman–Crippen LogP) is 3.13. The highest BCUT2D eigenvalue weighted by Gasteiger charge is 2.29. The number of aryl methyl sites for hydroxylation is 1. The molecule has 3 rings (SSSR count). The van der Waals surface area contributed by atoms with Gasteiger partial charge in [-0.2, -0.15) is 0 Å². The van der Waals surface area contributed by atoms with E-state index < -0.39 is 12.1 Å². The van der Waals surface area contributed by atoms with Crippen LogP contribution in [0.2, 0.25) is 0 Å². The number of ether oxygens (including phenoxy) is 1. The minimum absolute atomic E-state index is 0.185. The zero-order valence-corrected chi connectivity index (χ0v) is 13.3. The smallest absolute Gasteiger partial charge is 0.338 e. The average molecular weight is 309 g/mol. The summed E-state index contributed by atoms with van der Waals surface area (Å²) in [5, 5.41) is 0. The number of carbonyl (C=O) groups is 2. The molecule has 1 unspecified atom stereocenters. The Morgan fingerprint density at radius 2 is 1.78 bits per heavy atom. The molecule has 1 aliphatic rings. The quantitative estimate of drug-likeness (QED) is 0.818. The Morgan fingerprint density at radius 1 is 1.09 bits per heavy atom. The van der Waals surface area contributed by atoms with Crippen molar-refractivity contribution in [1.29, 1.82) is 0 Å². The third-order valence-electron chi connectivity index (χ3n) is 4.07. The molecule has 0 fully saturated rings. The summed E-state index contributed by atoms with van der Waals surface area (Å²) >= 11 is 0. The van der Waals surface area contributed by atoms with Crippen LogP contribution in [0.5, 0.6) is 0 Å². The van der Waals surface area contributed by atoms with Crippen molar-refractivity contribution in [3.63, 3.8) is 0 Å². The molecule has 118 valence electrons. The topological polar surface area (TPSA) is 46.6 Å². The Hall–Kier alpha value is -2.62. The first-order chi connectivity index (χ1) is 11.1. The number of para-hydroxylation sites is 1. The van der Waals surface area contributed by atoms with E-state index >= 15 is 0 Å². The van der Waals surface area contributed by atoms with Gasteiger partial charge in [-0.25, -0.2) is 4.79 Å². The lowest BCUT2D eigenvalue weighted by Crippen LogP contribution is -2.39. The second-order valence-corrected chi connectivity index (χ2v) is 5.78. The van der Waals surface area contributed by atoms with Crippen LogP contribution in [-0.2, 0) is 16.0 Å². The lowest BCUT2D eigenvalue weighted by atomic mass is 10.1. The maximum Gasteiger partial charge on any atom is 0.338 e. The van der Waals surface area contributed by atoms with Gasteiger partial charge >= 0.3 is 5.97 Å². The molecule has 0 saturated heterocycles. The Morgan fingerprint density at radius 3 is 2.52 bits per heavy atom. The van der Waals surface area contributed by atoms with E-state index in [4.69, 9.17) is 4.74 Å². The fourth-order valence-electron chi connectivity index (χ4n) is 2.76. The van der Waals surface area contributed by atoms with Gasteiger partial charge in [-0.3, -0.25) is 4.79 Å². The third-order valence-corrected chi connectivity index (χ3v) is 4.07. The number of hydrogen-bond acceptors (Lipinski definition) is 3. The van der Waals surface area contributed by atoms with E-state index in [1.165, 1.54) is 0 Å². The van der Waals surface area contributed by atoms with Gasteiger partial charge < -0.3 is 9.64 Å². The molecule has 0 N–H and O–H groups in total. The molecule has 0 bridgehead atoms. The normalized spacial score (nSPS) is 14.3. The number of esters is 1. The van der Waals surface area contributed by atoms with E-state index in [0.717, 1.165) is 23.2 Å². The molecule has 2 aromatic rings. The van der Waals surface area contributed by atoms with Crippen molar-refractivity contribution in [3.05, 3.63) is 65.2 Å². The fraction of sp³-hybridized carbons (Fsp3) is 0.263. The molecule has 1 aliphatic heterocycles. The van der Waals surface area contributed by atoms with Gasteiger partial charge in [-0.1, -0.05) is 35.9 Å². The summed E-state index contributed by atoms with van der Waals surface area (Å²) in [6.07, 6.45) is 0.0236. The molecule has 23 heavy (non-hydrogen) atoms. The van der Waals surface area contributed by atoms with E-state index in [2.05, 4.69) is 0 Å². The van der Waals surface area contributed by atoms with Crippen LogP contribution < -0.4 is 4.90 Å². The van der Waals surface area contributed by atoms with Crippen LogP contribution in [0.15, 0.2) is 48.5 Å². The maximum atomic E-state index is 12.6. The van der Waals surface area contributed by atoms with Gasteiger partial charge in [0.1, 0.15) is 0 Å². The molecule has 4 nitrogen and oxygen atoms in total. The monoisotopic (exact) mass is 309 g/mol. The van der Waals surface area contributed by atoms with Crippen LogP contribution in [0.1, 0.15) is 28.4 Å². The second kappa shape index (κ2) is 6.24. The Kier molecular flexibility index (Phi) is 4.15. The lowest BCUT2D eigenvalue weighted by Gasteiger charge is -2.21. The van der Waals surface area contributed by atoms with Crippen molar-refractivity contribution in [2.24, 2.45) is 0 Å². The Balaban J connectivity index is 1.69. The molecule has 0 aromatic heterocycles. The summed E-state index contributed by atoms with van der Waals surface area (Å²) < 4.78 is 5.34. The van der Waals surface area contributed by atoms with Crippen LogP contribution >= 0.6 is 0 Å². The van der Waals surface area contributed by atoms with Gasteiger partial charge in [-0.05, 0) is 44.0 Å². The van der Waals surface area contributed by atoms with Crippen LogP contribution in [0, 0.1) is 6.92 Å². The van der Waals surface area contributed by atoms with Crippen molar-refractivity contribution in [1.82, 2.24) is 0 Å². The van der Waals surface area contributed by atoms with Gasteiger partial charge in [0.05, 0.1) is 5.56 Å². The molecule has 4 heteroatoms. The first kappa shape index (κ1) is 15.3. The predicted molar refractivity (Wildman–Crippen MR) is 88.6 cm³/mol. The zero-order valence-electron chi connectivity index (χ0n) is 13.3. The standard InChI is InChI=1S/C19H19NO3/c1-13-7-9-16(10-8-13)19(22)23-14(2)18(21)20-12-11-15-5-3-4-6-17(15)20/h3-10,14H,11-12H2,1-2H3. The molecule has 2 aromatic carbocycles. The molecule has 1 atom stereocenters. The van der Waals surface area contributed by atoms with E-state index in [1.54, 1.807) is 24.0 Å². The van der Waals surface area contributed by atoms with Gasteiger partial charge in [0.2, 0.25) is 0 Å². The summed E-state index contributed by atoms with van der Waals surface area (Å²) in [5.74, 6) is -0.659. The largest absolute Gasteiger partial charge is 0.449 e. The number of amides is 1. The summed E-state index contributed by atoms with van der Waals surface area (Å²) in [6.45, 7) is 4.20. The molecular formula is C19H19NO3. The van der Waals surface area contributed by atoms with Crippen molar-refractivity contribution in [2.45, 2.75) is 26.4 Å². The van der Waals surface area contributed by atoms with Gasteiger partial charge in [-0.15, -0.1) is 0 Å². The first-order valence-corrected chi connectivity index (χ1v) is 7.73. The average Bonchev–Trinajstić information content (AvgIpc) is 2.98. The SMILES string of the molecule is Cc1ccc(C(=O)OC(C)C(=O)N2CCc3ccccc32)cc1. The summed E-state index contributed by atoms with van der Waals surface area (Å²) in [7, 11) is 0. The first-order valence-electron chi connectivity index (χ1n) is 7.73. The van der Waals surface area contributed by atoms with E-state index in [-0.39, 0.29) is 5.91 Å². The number of rotatable bonds is 3. The van der Waals surface area contributed by atoms with Crippen molar-refractivity contribution in [2.75, 3.05) is 11.4 Å². The van der Waals surface area contributed by atoms with Crippen molar-refractivity contribution >= 4 is 17.6 Å². The molecule has 1 amide bonds. The fourth-order valence-corrected chi connectivity index (χ4v) is 2.76. The molecule has 0 spiro atoms. The Bertz CT molecular complexity index is 737. The highest BCUT2D eigenvalue weighted by atomic mass is 16.5. The molecule has 0 aliphatic carbocycles. The van der Waals surface area contributed by atoms with E-state index in [1.807, 2.05) is 43.3 Å². The number of fused-ring (bicyclic) bond motifs is 1. The Labute approximate surface area is 135 Å². The summed E-state index contributed by atoms with van der Waals surface area (Å²) in [6, 6.07) is 14.9. The van der Waals surface area contributed by atoms with Crippen LogP contribution in [0.25, 0.3) is 0 Å². The zero-order chi connectivity index (χ0) is 16.4. The number of benzene rings is 2. The number of anilines is 1. The highest BCUT2D eigenvalue weighted by Crippen LogP contribution is 2.28. The summed E-state index contributed by atoms with van der Waals surface area (Å²) in [5.41, 5.74) is 3.59. The molecular weight excluding hydrogens is 290 g/mol. The highest BCUT2D eigenvalue weighted by molar-refractivity contribution is 6.00. The van der Waals surface area contributed by atoms with Crippen molar-refractivity contribution in [3.8, 4) is 0 Å². The molecule has 0 radical (unpaired) electrons. The van der Waals surface area contributed by atoms with Crippen molar-refractivity contribution < 1.29 is 14.3 Å². The van der Waals surface area contributed by atoms with Gasteiger partial charge in [0, 0.05) is 12.2 Å². The van der Waals surface area contributed by atoms with Gasteiger partial charge in [0.15, 0.2) is 6.10 Å². The lowest BCUT2D eigenvalue weighted by molar-refractivity contribution is -0.126. The van der Waals surface area contributed by atoms with Gasteiger partial charge in [0.25, 0.3) is 5.91 Å². The van der Waals surface area contributed by atoms with Crippen LogP contribution in [0.3, 0.4) is 0 Å². The summed E-state index contributed by atoms with van der Waals surface area (Å²) in [4.78, 5) is 26.4. The molecule has 0 saturated carbocycles. The third kappa shape index (κ3) is 3.11.